The minimum Gasteiger partial charge on any atom is -0.394 e. The van der Waals surface area contributed by atoms with Gasteiger partial charge < -0.3 is 40.7 Å². The summed E-state index contributed by atoms with van der Waals surface area (Å²) in [6.45, 7) is 4.02. The standard InChI is InChI=1S/C51H101NO8/c1-3-5-7-9-11-13-15-17-18-19-20-21-22-23-24-25-26-27-29-31-33-35-37-39-47(55)52-43(40-41-45-49(57)51(59)50(58)46(42-53)60-45)48(56)44(54)38-36-34-32-30-28-16-14-12-10-8-6-4-2/h43-46,48-51,53-54,56-59H,3-42H2,1-2H3,(H,52,55)/t43-,44+,45?,46?,48-,49?,50?,51?/m0/s1. The fourth-order valence-corrected chi connectivity index (χ4v) is 9.07. The highest BCUT2D eigenvalue weighted by atomic mass is 16.5. The maximum absolute atomic E-state index is 13.1. The lowest BCUT2D eigenvalue weighted by atomic mass is 9.90. The average molecular weight is 856 g/mol. The van der Waals surface area contributed by atoms with Crippen LogP contribution in [0.5, 0.6) is 0 Å². The molecule has 1 heterocycles. The van der Waals surface area contributed by atoms with Crippen molar-refractivity contribution >= 4 is 5.91 Å². The molecule has 8 atom stereocenters. The number of hydrogen-bond donors (Lipinski definition) is 7. The molecule has 0 aromatic carbocycles. The van der Waals surface area contributed by atoms with Gasteiger partial charge >= 0.3 is 0 Å². The summed E-state index contributed by atoms with van der Waals surface area (Å²) in [5.74, 6) is -0.172. The van der Waals surface area contributed by atoms with Crippen LogP contribution in [-0.4, -0.2) is 91.9 Å². The monoisotopic (exact) mass is 856 g/mol. The Morgan fingerprint density at radius 1 is 0.467 bits per heavy atom. The van der Waals surface area contributed by atoms with Crippen LogP contribution in [0.1, 0.15) is 264 Å². The first-order valence-electron chi connectivity index (χ1n) is 26.2. The Balaban J connectivity index is 2.26. The second kappa shape index (κ2) is 40.9. The van der Waals surface area contributed by atoms with E-state index >= 15 is 0 Å². The van der Waals surface area contributed by atoms with Gasteiger partial charge in [0.2, 0.25) is 5.91 Å². The Morgan fingerprint density at radius 2 is 0.800 bits per heavy atom. The van der Waals surface area contributed by atoms with E-state index in [2.05, 4.69) is 19.2 Å². The molecule has 358 valence electrons. The van der Waals surface area contributed by atoms with E-state index in [0.717, 1.165) is 38.5 Å². The third-order valence-corrected chi connectivity index (χ3v) is 13.3. The lowest BCUT2D eigenvalue weighted by Crippen LogP contribution is -2.59. The smallest absolute Gasteiger partial charge is 0.220 e. The largest absolute Gasteiger partial charge is 0.394 e. The average Bonchev–Trinajstić information content (AvgIpc) is 3.25. The molecule has 0 bridgehead atoms. The summed E-state index contributed by atoms with van der Waals surface area (Å²) in [4.78, 5) is 13.1. The van der Waals surface area contributed by atoms with Gasteiger partial charge in [-0.25, -0.2) is 0 Å². The molecule has 1 amide bonds. The fourth-order valence-electron chi connectivity index (χ4n) is 9.07. The lowest BCUT2D eigenvalue weighted by molar-refractivity contribution is -0.231. The first-order chi connectivity index (χ1) is 29.3. The highest BCUT2D eigenvalue weighted by Gasteiger charge is 2.43. The maximum Gasteiger partial charge on any atom is 0.220 e. The summed E-state index contributed by atoms with van der Waals surface area (Å²) in [6.07, 6.45) is 37.6. The van der Waals surface area contributed by atoms with Crippen LogP contribution in [0.25, 0.3) is 0 Å². The number of unbranched alkanes of at least 4 members (excludes halogenated alkanes) is 33. The van der Waals surface area contributed by atoms with E-state index in [1.807, 2.05) is 0 Å². The number of nitrogens with one attached hydrogen (secondary N) is 1. The van der Waals surface area contributed by atoms with Crippen molar-refractivity contribution in [2.75, 3.05) is 6.61 Å². The molecule has 0 saturated carbocycles. The molecule has 5 unspecified atom stereocenters. The zero-order valence-electron chi connectivity index (χ0n) is 39.4. The van der Waals surface area contributed by atoms with Crippen molar-refractivity contribution in [2.24, 2.45) is 0 Å². The molecule has 9 heteroatoms. The molecule has 1 aliphatic heterocycles. The molecule has 1 aliphatic rings. The number of ether oxygens (including phenoxy) is 1. The quantitative estimate of drug-likeness (QED) is 0.0298. The molecular formula is C51H101NO8. The molecule has 60 heavy (non-hydrogen) atoms. The van der Waals surface area contributed by atoms with Gasteiger partial charge in [0.05, 0.1) is 31.0 Å². The Hall–Kier alpha value is -0.810. The van der Waals surface area contributed by atoms with E-state index in [-0.39, 0.29) is 18.7 Å². The van der Waals surface area contributed by atoms with E-state index in [0.29, 0.717) is 12.8 Å². The summed E-state index contributed by atoms with van der Waals surface area (Å²) in [5.41, 5.74) is 0. The van der Waals surface area contributed by atoms with E-state index in [1.165, 1.54) is 186 Å². The van der Waals surface area contributed by atoms with Crippen LogP contribution in [0, 0.1) is 0 Å². The molecule has 0 aromatic rings. The molecule has 0 aromatic heterocycles. The van der Waals surface area contributed by atoms with Crippen LogP contribution >= 0.6 is 0 Å². The molecule has 1 fully saturated rings. The van der Waals surface area contributed by atoms with Crippen molar-refractivity contribution in [1.29, 1.82) is 0 Å². The zero-order valence-corrected chi connectivity index (χ0v) is 39.4. The van der Waals surface area contributed by atoms with Gasteiger partial charge in [-0.2, -0.15) is 0 Å². The topological polar surface area (TPSA) is 160 Å². The van der Waals surface area contributed by atoms with Crippen LogP contribution in [0.15, 0.2) is 0 Å². The van der Waals surface area contributed by atoms with Crippen molar-refractivity contribution in [3.05, 3.63) is 0 Å². The first kappa shape index (κ1) is 57.2. The molecule has 0 aliphatic carbocycles. The fraction of sp³-hybridized carbons (Fsp3) is 0.980. The molecule has 1 rings (SSSR count). The highest BCUT2D eigenvalue weighted by molar-refractivity contribution is 5.76. The number of carbonyl (C=O) groups excluding carboxylic acids is 1. The van der Waals surface area contributed by atoms with Crippen molar-refractivity contribution in [3.8, 4) is 0 Å². The minimum absolute atomic E-state index is 0.161. The predicted octanol–water partition coefficient (Wildman–Crippen LogP) is 11.3. The predicted molar refractivity (Wildman–Crippen MR) is 249 cm³/mol. The van der Waals surface area contributed by atoms with Crippen molar-refractivity contribution in [1.82, 2.24) is 5.32 Å². The minimum atomic E-state index is -1.48. The summed E-state index contributed by atoms with van der Waals surface area (Å²) < 4.78 is 5.69. The van der Waals surface area contributed by atoms with Gasteiger partial charge in [-0.1, -0.05) is 232 Å². The number of amides is 1. The zero-order chi connectivity index (χ0) is 43.9. The van der Waals surface area contributed by atoms with E-state index < -0.39 is 55.4 Å². The van der Waals surface area contributed by atoms with Crippen molar-refractivity contribution < 1.29 is 40.2 Å². The number of carbonyl (C=O) groups is 1. The second-order valence-electron chi connectivity index (χ2n) is 18.9. The Kier molecular flexibility index (Phi) is 39.0. The van der Waals surface area contributed by atoms with Gasteiger partial charge in [0.1, 0.15) is 24.4 Å². The third-order valence-electron chi connectivity index (χ3n) is 13.3. The van der Waals surface area contributed by atoms with Gasteiger partial charge in [0, 0.05) is 6.42 Å². The molecule has 1 saturated heterocycles. The third kappa shape index (κ3) is 30.3. The van der Waals surface area contributed by atoms with Crippen LogP contribution < -0.4 is 5.32 Å². The first-order valence-corrected chi connectivity index (χ1v) is 26.2. The van der Waals surface area contributed by atoms with Gasteiger partial charge in [-0.05, 0) is 25.7 Å². The second-order valence-corrected chi connectivity index (χ2v) is 18.9. The lowest BCUT2D eigenvalue weighted by Gasteiger charge is -2.40. The Morgan fingerprint density at radius 3 is 1.17 bits per heavy atom. The van der Waals surface area contributed by atoms with Crippen molar-refractivity contribution in [2.45, 2.75) is 313 Å². The normalized spacial score (nSPS) is 21.0. The number of rotatable bonds is 44. The maximum atomic E-state index is 13.1. The van der Waals surface area contributed by atoms with E-state index in [1.54, 1.807) is 0 Å². The van der Waals surface area contributed by atoms with Gasteiger partial charge in [-0.15, -0.1) is 0 Å². The number of aliphatic hydroxyl groups is 6. The van der Waals surface area contributed by atoms with Gasteiger partial charge in [-0.3, -0.25) is 4.79 Å². The summed E-state index contributed by atoms with van der Waals surface area (Å²) >= 11 is 0. The highest BCUT2D eigenvalue weighted by Crippen LogP contribution is 2.26. The van der Waals surface area contributed by atoms with Crippen LogP contribution in [0.4, 0.5) is 0 Å². The van der Waals surface area contributed by atoms with Crippen LogP contribution in [0.3, 0.4) is 0 Å². The Bertz CT molecular complexity index is 924. The van der Waals surface area contributed by atoms with Crippen molar-refractivity contribution in [3.63, 3.8) is 0 Å². The molecular weight excluding hydrogens is 755 g/mol. The number of hydrogen-bond acceptors (Lipinski definition) is 8. The molecule has 0 spiro atoms. The summed E-state index contributed by atoms with van der Waals surface area (Å²) in [6, 6.07) is -0.762. The van der Waals surface area contributed by atoms with Crippen LogP contribution in [0.2, 0.25) is 0 Å². The van der Waals surface area contributed by atoms with Crippen LogP contribution in [-0.2, 0) is 9.53 Å². The van der Waals surface area contributed by atoms with Gasteiger partial charge in [0.25, 0.3) is 0 Å². The number of aliphatic hydroxyl groups excluding tert-OH is 6. The summed E-state index contributed by atoms with van der Waals surface area (Å²) in [7, 11) is 0. The summed E-state index contributed by atoms with van der Waals surface area (Å²) in [5, 5.41) is 65.8. The van der Waals surface area contributed by atoms with E-state index in [4.69, 9.17) is 4.74 Å². The Labute approximate surface area is 370 Å². The molecule has 9 nitrogen and oxygen atoms in total. The SMILES string of the molecule is CCCCCCCCCCCCCCCCCCCCCCCCCC(=O)N[C@@H](CCC1OC(CO)C(O)C(O)C1O)[C@H](O)[C@H](O)CCCCCCCCCCCCCC. The molecule has 0 radical (unpaired) electrons. The molecule has 7 N–H and O–H groups in total. The van der Waals surface area contributed by atoms with E-state index in [9.17, 15) is 35.4 Å². The van der Waals surface area contributed by atoms with Gasteiger partial charge in [0.15, 0.2) is 0 Å².